The van der Waals surface area contributed by atoms with E-state index in [1.807, 2.05) is 0 Å². The van der Waals surface area contributed by atoms with Crippen LogP contribution < -0.4 is 0 Å². The largest absolute Gasteiger partial charge is 0.0877 e. The van der Waals surface area contributed by atoms with E-state index in [2.05, 4.69) is 40.2 Å². The molecule has 0 aliphatic heterocycles. The molecule has 1 atom stereocenters. The standard InChI is InChI=1S/C13H15Br/c14-12-9-10-5-1-2-6-11(10)13(12)7-3-4-8-13/h1-2,5-6,12H,3-4,7-9H2. The van der Waals surface area contributed by atoms with Gasteiger partial charge in [-0.05, 0) is 30.4 Å². The van der Waals surface area contributed by atoms with Gasteiger partial charge in [0, 0.05) is 10.2 Å². The minimum Gasteiger partial charge on any atom is -0.0877 e. The molecule has 1 aromatic carbocycles. The van der Waals surface area contributed by atoms with Gasteiger partial charge in [-0.25, -0.2) is 0 Å². The van der Waals surface area contributed by atoms with Crippen LogP contribution in [0.2, 0.25) is 0 Å². The minimum absolute atomic E-state index is 0.497. The number of hydrogen-bond donors (Lipinski definition) is 0. The van der Waals surface area contributed by atoms with E-state index in [0.29, 0.717) is 10.2 Å². The van der Waals surface area contributed by atoms with Crippen LogP contribution in [0.4, 0.5) is 0 Å². The highest BCUT2D eigenvalue weighted by Gasteiger charge is 2.46. The molecule has 2 aliphatic carbocycles. The van der Waals surface area contributed by atoms with Crippen molar-refractivity contribution < 1.29 is 0 Å². The summed E-state index contributed by atoms with van der Waals surface area (Å²) < 4.78 is 0. The fourth-order valence-corrected chi connectivity index (χ4v) is 4.38. The summed E-state index contributed by atoms with van der Waals surface area (Å²) in [5.74, 6) is 0. The molecular weight excluding hydrogens is 236 g/mol. The van der Waals surface area contributed by atoms with Gasteiger partial charge in [0.2, 0.25) is 0 Å². The van der Waals surface area contributed by atoms with Crippen molar-refractivity contribution in [2.24, 2.45) is 0 Å². The van der Waals surface area contributed by atoms with Crippen molar-refractivity contribution in [3.63, 3.8) is 0 Å². The van der Waals surface area contributed by atoms with Gasteiger partial charge >= 0.3 is 0 Å². The molecular formula is C13H15Br. The Bertz CT molecular complexity index is 350. The highest BCUT2D eigenvalue weighted by atomic mass is 79.9. The van der Waals surface area contributed by atoms with Crippen molar-refractivity contribution in [2.75, 3.05) is 0 Å². The molecule has 3 rings (SSSR count). The predicted molar refractivity (Wildman–Crippen MR) is 63.0 cm³/mol. The second-order valence-corrected chi connectivity index (χ2v) is 5.80. The van der Waals surface area contributed by atoms with Crippen LogP contribution in [0, 0.1) is 0 Å². The zero-order chi connectivity index (χ0) is 9.60. The molecule has 0 nitrogen and oxygen atoms in total. The topological polar surface area (TPSA) is 0 Å². The second kappa shape index (κ2) is 3.10. The molecule has 0 bridgehead atoms. The van der Waals surface area contributed by atoms with Crippen LogP contribution in [0.5, 0.6) is 0 Å². The highest BCUT2D eigenvalue weighted by Crippen LogP contribution is 2.52. The van der Waals surface area contributed by atoms with E-state index in [0.717, 1.165) is 0 Å². The van der Waals surface area contributed by atoms with Gasteiger partial charge in [-0.1, -0.05) is 53.0 Å². The lowest BCUT2D eigenvalue weighted by atomic mass is 9.80. The average molecular weight is 251 g/mol. The number of rotatable bonds is 0. The van der Waals surface area contributed by atoms with Gasteiger partial charge in [0.15, 0.2) is 0 Å². The Balaban J connectivity index is 2.14. The summed E-state index contributed by atoms with van der Waals surface area (Å²) in [6.45, 7) is 0. The van der Waals surface area contributed by atoms with Crippen molar-refractivity contribution in [1.29, 1.82) is 0 Å². The van der Waals surface area contributed by atoms with Crippen LogP contribution in [0.1, 0.15) is 36.8 Å². The summed E-state index contributed by atoms with van der Waals surface area (Å²) in [7, 11) is 0. The number of hydrogen-bond acceptors (Lipinski definition) is 0. The van der Waals surface area contributed by atoms with Crippen molar-refractivity contribution >= 4 is 15.9 Å². The molecule has 2 aliphatic rings. The Kier molecular flexibility index (Phi) is 1.98. The Morgan fingerprint density at radius 3 is 2.64 bits per heavy atom. The van der Waals surface area contributed by atoms with Crippen LogP contribution in [0.25, 0.3) is 0 Å². The van der Waals surface area contributed by atoms with E-state index in [-0.39, 0.29) is 0 Å². The SMILES string of the molecule is BrC1Cc2ccccc2C12CCCC2. The smallest absolute Gasteiger partial charge is 0.0283 e. The van der Waals surface area contributed by atoms with E-state index in [1.165, 1.54) is 32.1 Å². The monoisotopic (exact) mass is 250 g/mol. The predicted octanol–water partition coefficient (Wildman–Crippen LogP) is 3.82. The molecule has 1 spiro atoms. The zero-order valence-corrected chi connectivity index (χ0v) is 9.89. The first-order valence-corrected chi connectivity index (χ1v) is 6.47. The molecule has 1 unspecified atom stereocenters. The minimum atomic E-state index is 0.497. The molecule has 74 valence electrons. The molecule has 0 N–H and O–H groups in total. The maximum absolute atomic E-state index is 3.90. The van der Waals surface area contributed by atoms with Gasteiger partial charge in [-0.3, -0.25) is 0 Å². The van der Waals surface area contributed by atoms with Crippen LogP contribution >= 0.6 is 15.9 Å². The van der Waals surface area contributed by atoms with Crippen LogP contribution in [0.3, 0.4) is 0 Å². The average Bonchev–Trinajstić information content (AvgIpc) is 2.77. The fraction of sp³-hybridized carbons (Fsp3) is 0.538. The molecule has 0 heterocycles. The van der Waals surface area contributed by atoms with Gasteiger partial charge in [-0.2, -0.15) is 0 Å². The van der Waals surface area contributed by atoms with Gasteiger partial charge < -0.3 is 0 Å². The first kappa shape index (κ1) is 8.96. The number of halogens is 1. The number of alkyl halides is 1. The summed E-state index contributed by atoms with van der Waals surface area (Å²) in [6.07, 6.45) is 6.84. The Hall–Kier alpha value is -0.300. The lowest BCUT2D eigenvalue weighted by Gasteiger charge is -2.28. The molecule has 1 heteroatoms. The first-order valence-electron chi connectivity index (χ1n) is 5.55. The molecule has 1 aromatic rings. The van der Waals surface area contributed by atoms with E-state index in [9.17, 15) is 0 Å². The van der Waals surface area contributed by atoms with E-state index >= 15 is 0 Å². The second-order valence-electron chi connectivity index (χ2n) is 4.69. The first-order chi connectivity index (χ1) is 6.83. The third kappa shape index (κ3) is 1.05. The molecule has 0 radical (unpaired) electrons. The Morgan fingerprint density at radius 1 is 1.14 bits per heavy atom. The van der Waals surface area contributed by atoms with Crippen molar-refractivity contribution in [3.05, 3.63) is 35.4 Å². The summed E-state index contributed by atoms with van der Waals surface area (Å²) in [4.78, 5) is 0.690. The van der Waals surface area contributed by atoms with Crippen molar-refractivity contribution in [1.82, 2.24) is 0 Å². The molecule has 14 heavy (non-hydrogen) atoms. The lowest BCUT2D eigenvalue weighted by Crippen LogP contribution is -2.28. The molecule has 1 fully saturated rings. The number of fused-ring (bicyclic) bond motifs is 2. The van der Waals surface area contributed by atoms with Gasteiger partial charge in [0.25, 0.3) is 0 Å². The molecule has 0 aromatic heterocycles. The molecule has 1 saturated carbocycles. The lowest BCUT2D eigenvalue weighted by molar-refractivity contribution is 0.457. The van der Waals surface area contributed by atoms with Gasteiger partial charge in [-0.15, -0.1) is 0 Å². The van der Waals surface area contributed by atoms with Crippen LogP contribution in [-0.4, -0.2) is 4.83 Å². The maximum Gasteiger partial charge on any atom is 0.0283 e. The fourth-order valence-electron chi connectivity index (χ4n) is 3.33. The zero-order valence-electron chi connectivity index (χ0n) is 8.30. The summed E-state index contributed by atoms with van der Waals surface area (Å²) in [5.41, 5.74) is 3.71. The normalized spacial score (nSPS) is 28.2. The Morgan fingerprint density at radius 2 is 1.86 bits per heavy atom. The van der Waals surface area contributed by atoms with E-state index in [1.54, 1.807) is 11.1 Å². The van der Waals surface area contributed by atoms with E-state index in [4.69, 9.17) is 0 Å². The van der Waals surface area contributed by atoms with Crippen LogP contribution in [0.15, 0.2) is 24.3 Å². The third-order valence-corrected chi connectivity index (χ3v) is 5.25. The molecule has 0 saturated heterocycles. The van der Waals surface area contributed by atoms with E-state index < -0.39 is 0 Å². The van der Waals surface area contributed by atoms with Gasteiger partial charge in [0.1, 0.15) is 0 Å². The summed E-state index contributed by atoms with van der Waals surface area (Å²) in [5, 5.41) is 0. The maximum atomic E-state index is 3.90. The highest BCUT2D eigenvalue weighted by molar-refractivity contribution is 9.09. The Labute approximate surface area is 93.8 Å². The third-order valence-electron chi connectivity index (χ3n) is 4.05. The van der Waals surface area contributed by atoms with Crippen molar-refractivity contribution in [2.45, 2.75) is 42.3 Å². The summed E-state index contributed by atoms with van der Waals surface area (Å²) in [6, 6.07) is 9.02. The number of benzene rings is 1. The van der Waals surface area contributed by atoms with Crippen molar-refractivity contribution in [3.8, 4) is 0 Å². The van der Waals surface area contributed by atoms with Gasteiger partial charge in [0.05, 0.1) is 0 Å². The van der Waals surface area contributed by atoms with Crippen LogP contribution in [-0.2, 0) is 11.8 Å². The molecule has 0 amide bonds. The quantitative estimate of drug-likeness (QED) is 0.615. The summed E-state index contributed by atoms with van der Waals surface area (Å²) >= 11 is 3.90.